The summed E-state index contributed by atoms with van der Waals surface area (Å²) in [6.45, 7) is 0. The molecule has 2 aromatic rings. The SMILES string of the molecule is COc1cc(S(=O)(=O)c2ccccc2)cc(O)c1O. The molecule has 5 nitrogen and oxygen atoms in total. The molecule has 2 N–H and O–H groups in total. The second kappa shape index (κ2) is 4.81. The van der Waals surface area contributed by atoms with Crippen LogP contribution in [0.3, 0.4) is 0 Å². The summed E-state index contributed by atoms with van der Waals surface area (Å²) in [6, 6.07) is 9.96. The first-order chi connectivity index (χ1) is 8.96. The summed E-state index contributed by atoms with van der Waals surface area (Å²) in [6.07, 6.45) is 0. The molecule has 0 unspecified atom stereocenters. The Kier molecular flexibility index (Phi) is 3.35. The first-order valence-electron chi connectivity index (χ1n) is 5.37. The summed E-state index contributed by atoms with van der Waals surface area (Å²) in [5, 5.41) is 19.0. The van der Waals surface area contributed by atoms with Crippen LogP contribution < -0.4 is 4.74 Å². The number of phenols is 2. The number of benzene rings is 2. The number of hydrogen-bond donors (Lipinski definition) is 2. The van der Waals surface area contributed by atoms with Crippen molar-refractivity contribution >= 4 is 9.84 Å². The van der Waals surface area contributed by atoms with E-state index in [1.54, 1.807) is 18.2 Å². The lowest BCUT2D eigenvalue weighted by atomic mass is 10.3. The van der Waals surface area contributed by atoms with Crippen molar-refractivity contribution in [2.24, 2.45) is 0 Å². The Hall–Kier alpha value is -2.21. The van der Waals surface area contributed by atoms with E-state index in [1.165, 1.54) is 19.2 Å². The second-order valence-electron chi connectivity index (χ2n) is 3.81. The van der Waals surface area contributed by atoms with Crippen LogP contribution in [0.5, 0.6) is 17.2 Å². The molecule has 0 aliphatic rings. The Morgan fingerprint density at radius 2 is 1.63 bits per heavy atom. The van der Waals surface area contributed by atoms with E-state index in [0.29, 0.717) is 0 Å². The van der Waals surface area contributed by atoms with Crippen molar-refractivity contribution in [3.05, 3.63) is 42.5 Å². The third kappa shape index (κ3) is 2.34. The highest BCUT2D eigenvalue weighted by atomic mass is 32.2. The number of rotatable bonds is 3. The molecule has 0 aromatic heterocycles. The van der Waals surface area contributed by atoms with Crippen LogP contribution >= 0.6 is 0 Å². The zero-order chi connectivity index (χ0) is 14.0. The molecule has 0 atom stereocenters. The highest BCUT2D eigenvalue weighted by molar-refractivity contribution is 7.91. The largest absolute Gasteiger partial charge is 0.504 e. The van der Waals surface area contributed by atoms with Gasteiger partial charge in [0.05, 0.1) is 16.9 Å². The van der Waals surface area contributed by atoms with Crippen molar-refractivity contribution < 1.29 is 23.4 Å². The van der Waals surface area contributed by atoms with E-state index < -0.39 is 21.3 Å². The van der Waals surface area contributed by atoms with Gasteiger partial charge in [-0.05, 0) is 12.1 Å². The lowest BCUT2D eigenvalue weighted by Crippen LogP contribution is -2.02. The average Bonchev–Trinajstić information content (AvgIpc) is 2.42. The molecule has 0 heterocycles. The summed E-state index contributed by atoms with van der Waals surface area (Å²) >= 11 is 0. The minimum atomic E-state index is -3.76. The Labute approximate surface area is 110 Å². The standard InChI is InChI=1S/C13H12O5S/c1-18-12-8-10(7-11(14)13(12)15)19(16,17)9-5-3-2-4-6-9/h2-8,14-15H,1H3. The van der Waals surface area contributed by atoms with Crippen LogP contribution in [-0.4, -0.2) is 25.7 Å². The number of methoxy groups -OCH3 is 1. The van der Waals surface area contributed by atoms with Gasteiger partial charge in [-0.1, -0.05) is 18.2 Å². The summed E-state index contributed by atoms with van der Waals surface area (Å²) in [5.41, 5.74) is 0. The first-order valence-corrected chi connectivity index (χ1v) is 6.85. The normalized spacial score (nSPS) is 11.2. The number of hydrogen-bond acceptors (Lipinski definition) is 5. The highest BCUT2D eigenvalue weighted by Gasteiger charge is 2.21. The van der Waals surface area contributed by atoms with Crippen molar-refractivity contribution in [1.82, 2.24) is 0 Å². The zero-order valence-electron chi connectivity index (χ0n) is 10.1. The van der Waals surface area contributed by atoms with Crippen molar-refractivity contribution in [3.8, 4) is 17.2 Å². The molecule has 0 aliphatic carbocycles. The maximum Gasteiger partial charge on any atom is 0.206 e. The molecular formula is C13H12O5S. The molecule has 0 saturated heterocycles. The number of phenolic OH excluding ortho intramolecular Hbond substituents is 2. The van der Waals surface area contributed by atoms with E-state index in [9.17, 15) is 18.6 Å². The van der Waals surface area contributed by atoms with Gasteiger partial charge in [0.25, 0.3) is 0 Å². The quantitative estimate of drug-likeness (QED) is 0.839. The van der Waals surface area contributed by atoms with Crippen molar-refractivity contribution in [3.63, 3.8) is 0 Å². The van der Waals surface area contributed by atoms with Crippen LogP contribution in [0.25, 0.3) is 0 Å². The van der Waals surface area contributed by atoms with Crippen LogP contribution in [-0.2, 0) is 9.84 Å². The summed E-state index contributed by atoms with van der Waals surface area (Å²) in [4.78, 5) is -0.0482. The number of aromatic hydroxyl groups is 2. The average molecular weight is 280 g/mol. The molecule has 0 aliphatic heterocycles. The molecule has 2 rings (SSSR count). The van der Waals surface area contributed by atoms with Gasteiger partial charge in [-0.15, -0.1) is 0 Å². The molecule has 0 radical (unpaired) electrons. The van der Waals surface area contributed by atoms with Crippen molar-refractivity contribution in [2.75, 3.05) is 7.11 Å². The van der Waals surface area contributed by atoms with E-state index in [0.717, 1.165) is 12.1 Å². The Balaban J connectivity index is 2.63. The topological polar surface area (TPSA) is 83.8 Å². The van der Waals surface area contributed by atoms with E-state index in [-0.39, 0.29) is 15.5 Å². The molecular weight excluding hydrogens is 268 g/mol. The molecule has 19 heavy (non-hydrogen) atoms. The fourth-order valence-electron chi connectivity index (χ4n) is 1.62. The van der Waals surface area contributed by atoms with E-state index in [4.69, 9.17) is 4.74 Å². The molecule has 0 amide bonds. The summed E-state index contributed by atoms with van der Waals surface area (Å²) in [7, 11) is -2.49. The fourth-order valence-corrected chi connectivity index (χ4v) is 2.93. The van der Waals surface area contributed by atoms with E-state index >= 15 is 0 Å². The Morgan fingerprint density at radius 1 is 1.00 bits per heavy atom. The Bertz CT molecular complexity index is 692. The lowest BCUT2D eigenvalue weighted by molar-refractivity contribution is 0.349. The maximum absolute atomic E-state index is 12.3. The Morgan fingerprint density at radius 3 is 2.21 bits per heavy atom. The molecule has 6 heteroatoms. The molecule has 0 spiro atoms. The fraction of sp³-hybridized carbons (Fsp3) is 0.0769. The van der Waals surface area contributed by atoms with Gasteiger partial charge in [0, 0.05) is 12.1 Å². The zero-order valence-corrected chi connectivity index (χ0v) is 10.9. The third-order valence-corrected chi connectivity index (χ3v) is 4.36. The van der Waals surface area contributed by atoms with Gasteiger partial charge >= 0.3 is 0 Å². The molecule has 0 saturated carbocycles. The first kappa shape index (κ1) is 13.2. The van der Waals surface area contributed by atoms with Crippen molar-refractivity contribution in [1.29, 1.82) is 0 Å². The smallest absolute Gasteiger partial charge is 0.206 e. The monoisotopic (exact) mass is 280 g/mol. The predicted molar refractivity (Wildman–Crippen MR) is 68.2 cm³/mol. The minimum absolute atomic E-state index is 0.0992. The molecule has 2 aromatic carbocycles. The maximum atomic E-state index is 12.3. The van der Waals surface area contributed by atoms with Gasteiger partial charge in [-0.3, -0.25) is 0 Å². The predicted octanol–water partition coefficient (Wildman–Crippen LogP) is 1.94. The number of ether oxygens (including phenoxy) is 1. The van der Waals surface area contributed by atoms with Crippen LogP contribution in [0.4, 0.5) is 0 Å². The highest BCUT2D eigenvalue weighted by Crippen LogP contribution is 2.38. The van der Waals surface area contributed by atoms with Crippen molar-refractivity contribution in [2.45, 2.75) is 9.79 Å². The van der Waals surface area contributed by atoms with Crippen LogP contribution in [0.15, 0.2) is 52.3 Å². The minimum Gasteiger partial charge on any atom is -0.504 e. The molecule has 0 fully saturated rings. The summed E-state index contributed by atoms with van der Waals surface area (Å²) in [5.74, 6) is -1.14. The molecule has 0 bridgehead atoms. The van der Waals surface area contributed by atoms with Gasteiger partial charge in [0.15, 0.2) is 11.5 Å². The van der Waals surface area contributed by atoms with Crippen LogP contribution in [0.2, 0.25) is 0 Å². The third-order valence-electron chi connectivity index (χ3n) is 2.61. The van der Waals surface area contributed by atoms with Gasteiger partial charge in [-0.2, -0.15) is 0 Å². The van der Waals surface area contributed by atoms with Gasteiger partial charge in [0.1, 0.15) is 0 Å². The van der Waals surface area contributed by atoms with Gasteiger partial charge in [0.2, 0.25) is 15.6 Å². The van der Waals surface area contributed by atoms with Gasteiger partial charge in [-0.25, -0.2) is 8.42 Å². The molecule has 100 valence electrons. The van der Waals surface area contributed by atoms with E-state index in [2.05, 4.69) is 0 Å². The van der Waals surface area contributed by atoms with Gasteiger partial charge < -0.3 is 14.9 Å². The van der Waals surface area contributed by atoms with Crippen LogP contribution in [0, 0.1) is 0 Å². The second-order valence-corrected chi connectivity index (χ2v) is 5.76. The lowest BCUT2D eigenvalue weighted by Gasteiger charge is -2.09. The van der Waals surface area contributed by atoms with Crippen LogP contribution in [0.1, 0.15) is 0 Å². The van der Waals surface area contributed by atoms with E-state index in [1.807, 2.05) is 0 Å². The number of sulfone groups is 1. The summed E-state index contributed by atoms with van der Waals surface area (Å²) < 4.78 is 29.5.